The minimum Gasteiger partial charge on any atom is -0.870 e. The van der Waals surface area contributed by atoms with E-state index in [0.717, 1.165) is 44.0 Å². The first kappa shape index (κ1) is 105. The number of nitrogens with zero attached hydrogens (tertiary/aromatic N) is 6. The number of nitroso groups, excluding NO2 is 2. The van der Waals surface area contributed by atoms with Crippen LogP contribution in [0.3, 0.4) is 0 Å². The molecule has 0 spiro atoms. The van der Waals surface area contributed by atoms with E-state index in [1.807, 2.05) is 5.32 Å². The second-order valence-electron chi connectivity index (χ2n) is 18.4. The fourth-order valence-electron chi connectivity index (χ4n) is 6.59. The molecule has 53 heteroatoms. The zero-order chi connectivity index (χ0) is 79.4. The van der Waals surface area contributed by atoms with Crippen LogP contribution in [-0.4, -0.2) is 115 Å². The van der Waals surface area contributed by atoms with Gasteiger partial charge in [0, 0.05) is 47.1 Å². The number of carboxylic acid groups (broad SMARTS) is 1. The monoisotopic (exact) mass is 1640 g/mol. The summed E-state index contributed by atoms with van der Waals surface area (Å²) in [5, 5.41) is 26.9. The van der Waals surface area contributed by atoms with Crippen molar-refractivity contribution in [2.75, 3.05) is 36.2 Å². The van der Waals surface area contributed by atoms with Crippen molar-refractivity contribution in [3.05, 3.63) is 156 Å². The Morgan fingerprint density at radius 2 is 0.915 bits per heavy atom. The zero-order valence-corrected chi connectivity index (χ0v) is 56.5. The van der Waals surface area contributed by atoms with Crippen molar-refractivity contribution in [2.24, 2.45) is 10.4 Å². The smallest absolute Gasteiger partial charge is 0.423 e. The normalized spacial score (nSPS) is 10.9. The molecule has 6 aromatic heterocycles. The Bertz CT molecular complexity index is 3940. The van der Waals surface area contributed by atoms with Crippen molar-refractivity contribution in [1.82, 2.24) is 19.9 Å². The fraction of sp³-hybridized carbons (Fsp3) is 0.321. The number of ether oxygens (including phenoxy) is 3. The molecular weight excluding hydrogens is 1590 g/mol. The van der Waals surface area contributed by atoms with E-state index in [0.29, 0.717) is 30.3 Å². The van der Waals surface area contributed by atoms with Crippen molar-refractivity contribution in [1.29, 1.82) is 0 Å². The van der Waals surface area contributed by atoms with E-state index < -0.39 is 133 Å². The number of aliphatic carboxylic acids is 1. The van der Waals surface area contributed by atoms with Crippen LogP contribution >= 0.6 is 11.6 Å². The maximum atomic E-state index is 13.2. The summed E-state index contributed by atoms with van der Waals surface area (Å²) in [6, 6.07) is 4.01. The molecule has 0 radical (unpaired) electrons. The molecule has 0 aliphatic heterocycles. The predicted octanol–water partition coefficient (Wildman–Crippen LogP) is 9.30. The molecule has 0 unspecified atom stereocenters. The summed E-state index contributed by atoms with van der Waals surface area (Å²) >= 11 is 5.22. The number of nitrogens with two attached hydrogens (primary N) is 2. The molecule has 0 aliphatic carbocycles. The number of amides is 2. The third-order valence-corrected chi connectivity index (χ3v) is 11.2. The Kier molecular flexibility index (Phi) is 44.7. The van der Waals surface area contributed by atoms with E-state index in [9.17, 15) is 123 Å². The van der Waals surface area contributed by atoms with Crippen molar-refractivity contribution in [2.45, 2.75) is 91.4 Å². The molecule has 6 aromatic rings. The Morgan fingerprint density at radius 1 is 0.566 bits per heavy atom. The van der Waals surface area contributed by atoms with Crippen molar-refractivity contribution < 1.29 is 194 Å². The molecule has 32 nitrogen and oxygen atoms in total. The third kappa shape index (κ3) is 37.6. The number of esters is 3. The molecule has 0 bridgehead atoms. The molecule has 15 N–H and O–H groups in total. The Balaban J connectivity index is -0.000000382. The number of rotatable bonds is 11. The first-order chi connectivity index (χ1) is 46.5. The molecule has 6 heterocycles. The number of hydrogen-bond acceptors (Lipinski definition) is 23. The number of carbonyl (C=O) groups excluding carboxylic acids is 5. The SMILES string of the molecule is CCOC(=O)C(=O)Nc1cnc(C)c(C(F)(F)F)c1.CCOC(=O)C(C(=O)OCC)c1ncc([NH2+][O-])cc1C(F)(F)F.Cc1[nH+]cc(N=O)cc1C(F)(F)F.Cc1ncc(N)cc1C(F)(F)F.Cc1ncc(NC(=O)C(=O)O)cc1C(F)(F)F.O.O=Nc1c[nH+]c(Cl)c(C(F)(F)F)c1.O=S(=O)(O)O.[Fe].[OH-].[OH-]. The summed E-state index contributed by atoms with van der Waals surface area (Å²) in [5.41, 5.74) is -3.71. The number of carbonyl (C=O) groups is 6. The number of H-pyrrole nitrogens is 2. The van der Waals surface area contributed by atoms with Gasteiger partial charge in [-0.15, -0.1) is 9.81 Å². The number of nitrogen functional groups attached to an aromatic ring is 1. The second kappa shape index (κ2) is 45.3. The number of quaternary nitrogens is 1. The van der Waals surface area contributed by atoms with Crippen LogP contribution in [0.5, 0.6) is 0 Å². The molecule has 0 fully saturated rings. The second-order valence-corrected chi connectivity index (χ2v) is 19.7. The van der Waals surface area contributed by atoms with Gasteiger partial charge in [-0.25, -0.2) is 14.6 Å². The largest absolute Gasteiger partial charge is 0.870 e. The van der Waals surface area contributed by atoms with Gasteiger partial charge in [0.05, 0.1) is 89.6 Å². The molecule has 0 atom stereocenters. The number of alkyl halides is 18. The molecule has 0 aliphatic rings. The molecule has 0 saturated heterocycles. The molecule has 0 aromatic carbocycles. The van der Waals surface area contributed by atoms with Crippen LogP contribution in [0.1, 0.15) is 88.5 Å². The van der Waals surface area contributed by atoms with E-state index in [1.54, 1.807) is 5.32 Å². The van der Waals surface area contributed by atoms with Gasteiger partial charge in [-0.3, -0.25) is 48.2 Å². The Labute approximate surface area is 597 Å². The van der Waals surface area contributed by atoms with Crippen LogP contribution in [0.2, 0.25) is 5.15 Å². The first-order valence-electron chi connectivity index (χ1n) is 26.5. The molecule has 0 saturated carbocycles. The summed E-state index contributed by atoms with van der Waals surface area (Å²) in [6.45, 7) is 9.02. The number of carboxylic acids is 1. The third-order valence-electron chi connectivity index (χ3n) is 10.9. The van der Waals surface area contributed by atoms with Gasteiger partial charge >= 0.3 is 83.1 Å². The molecular formula is C53H55ClF18FeN12O20S. The number of aromatic amines is 2. The average molecular weight is 1650 g/mol. The molecule has 594 valence electrons. The topological polar surface area (TPSA) is 545 Å². The molecule has 2 amide bonds. The first-order valence-corrected chi connectivity index (χ1v) is 28.3. The van der Waals surface area contributed by atoms with Gasteiger partial charge in [0.15, 0.2) is 35.4 Å². The number of halogens is 19. The number of aromatic nitrogens is 6. The fourth-order valence-corrected chi connectivity index (χ4v) is 6.81. The summed E-state index contributed by atoms with van der Waals surface area (Å²) in [5.74, 6) is -9.93. The van der Waals surface area contributed by atoms with Crippen molar-refractivity contribution in [3.63, 3.8) is 0 Å². The van der Waals surface area contributed by atoms with Crippen molar-refractivity contribution >= 4 is 91.8 Å². The molecule has 106 heavy (non-hydrogen) atoms. The minimum absolute atomic E-state index is 0. The maximum absolute atomic E-state index is 13.2. The van der Waals surface area contributed by atoms with Gasteiger partial charge in [0.2, 0.25) is 0 Å². The van der Waals surface area contributed by atoms with E-state index >= 15 is 0 Å². The average Bonchev–Trinajstić information content (AvgIpc) is 0.794. The summed E-state index contributed by atoms with van der Waals surface area (Å²) in [4.78, 5) is 105. The van der Waals surface area contributed by atoms with Crippen LogP contribution in [0.15, 0.2) is 83.9 Å². The number of anilines is 3. The number of pyridine rings is 6. The van der Waals surface area contributed by atoms with Crippen molar-refractivity contribution in [3.8, 4) is 0 Å². The van der Waals surface area contributed by atoms with Crippen LogP contribution in [0.4, 0.5) is 113 Å². The van der Waals surface area contributed by atoms with Gasteiger partial charge in [-0.05, 0) is 93.8 Å². The van der Waals surface area contributed by atoms with Gasteiger partial charge < -0.3 is 62.8 Å². The van der Waals surface area contributed by atoms with E-state index in [4.69, 9.17) is 40.0 Å². The van der Waals surface area contributed by atoms with Crippen LogP contribution < -0.4 is 31.8 Å². The number of aryl methyl sites for hydroxylation is 4. The van der Waals surface area contributed by atoms with E-state index in [-0.39, 0.29) is 116 Å². The van der Waals surface area contributed by atoms with Crippen LogP contribution in [0.25, 0.3) is 0 Å². The van der Waals surface area contributed by atoms with Crippen LogP contribution in [-0.2, 0) is 108 Å². The van der Waals surface area contributed by atoms with Crippen LogP contribution in [0, 0.1) is 42.7 Å². The predicted molar refractivity (Wildman–Crippen MR) is 316 cm³/mol. The Morgan fingerprint density at radius 3 is 1.25 bits per heavy atom. The zero-order valence-electron chi connectivity index (χ0n) is 53.9. The molecule has 6 rings (SSSR count). The summed E-state index contributed by atoms with van der Waals surface area (Å²) in [7, 11) is -4.67. The summed E-state index contributed by atoms with van der Waals surface area (Å²) < 4.78 is 269. The quantitative estimate of drug-likeness (QED) is 0.00606. The van der Waals surface area contributed by atoms with Gasteiger partial charge in [-0.2, -0.15) is 92.4 Å². The number of nitrogens with one attached hydrogen (secondary N) is 4. The van der Waals surface area contributed by atoms with Gasteiger partial charge in [-0.1, -0.05) is 0 Å². The Hall–Kier alpha value is -10.1. The number of hydrogen-bond donors (Lipinski definition) is 7. The minimum atomic E-state index is -4.92. The van der Waals surface area contributed by atoms with E-state index in [2.05, 4.69) is 54.5 Å². The standard InChI is InChI=1S/C13H15F3N2O5.C11H11F3N2O3.C9H7F3N2O3.C7H5F3N2O.C7H7F3N2.C6H2ClF3N2O.Fe.H2O4S.3H2O/c1-3-22-11(19)9(12(20)23-4-2)10-8(13(14,15)16)5-7(18-21)6-17-10;1-3-19-10(18)9(17)16-7-4-8(11(12,13)14)6(2)15-5-7;1-4-6(9(10,11)12)2-5(3-13-4)14-7(15)8(16)17;1-4-6(7(8,9)10)2-5(12-13)3-11-4;1-4-6(7(8,9)10)2-5(11)3-12-4;7-5-4(6(8,9)10)1-3(12-13)2-11-5;;1-5(2,3)4;;;/h5-6,9H,3-4,18H2,1-2H3;4-5H,3H2,1-2H3,(H,16,17);2-3H,1H3,(H,14,15)(H,16,17);2-3H,1H3;2-3H,11H2,1H3;1-2H;;(H2,1,2,3,4);3*1H2. The van der Waals surface area contributed by atoms with E-state index in [1.165, 1.54) is 47.7 Å². The van der Waals surface area contributed by atoms with Gasteiger partial charge in [0.1, 0.15) is 16.8 Å². The maximum Gasteiger partial charge on any atom is 0.423 e. The summed E-state index contributed by atoms with van der Waals surface area (Å²) in [6.07, 6.45) is -21.4. The van der Waals surface area contributed by atoms with Gasteiger partial charge in [0.25, 0.3) is 5.15 Å².